The Balaban J connectivity index is 2.26. The average Bonchev–Trinajstić information content (AvgIpc) is 2.76. The summed E-state index contributed by atoms with van der Waals surface area (Å²) in [4.78, 5) is 23.0. The number of nitrogens with zero attached hydrogens (tertiary/aromatic N) is 3. The molecule has 1 aromatic rings. The van der Waals surface area contributed by atoms with E-state index in [1.165, 1.54) is 0 Å². The van der Waals surface area contributed by atoms with Gasteiger partial charge in [-0.05, 0) is 26.7 Å². The summed E-state index contributed by atoms with van der Waals surface area (Å²) in [6, 6.07) is -0.174. The second-order valence-corrected chi connectivity index (χ2v) is 5.49. The van der Waals surface area contributed by atoms with Crippen molar-refractivity contribution in [3.05, 3.63) is 11.4 Å². The lowest BCUT2D eigenvalue weighted by Gasteiger charge is -2.17. The molecule has 1 aliphatic heterocycles. The van der Waals surface area contributed by atoms with Gasteiger partial charge in [0.15, 0.2) is 0 Å². The van der Waals surface area contributed by atoms with Crippen LogP contribution in [0.5, 0.6) is 0 Å². The first-order valence-electron chi connectivity index (χ1n) is 7.69. The van der Waals surface area contributed by atoms with Crippen molar-refractivity contribution >= 4 is 17.5 Å². The highest BCUT2D eigenvalue weighted by atomic mass is 16.2. The second kappa shape index (κ2) is 6.74. The molecule has 1 fully saturated rings. The number of anilines is 2. The maximum atomic E-state index is 12.0. The average molecular weight is 291 g/mol. The first kappa shape index (κ1) is 15.5. The molecule has 1 amide bonds. The number of carbonyl (C=O) groups is 1. The lowest BCUT2D eigenvalue weighted by molar-refractivity contribution is -0.127. The van der Waals surface area contributed by atoms with Crippen molar-refractivity contribution in [2.75, 3.05) is 30.8 Å². The molecule has 0 aliphatic carbocycles. The highest BCUT2D eigenvalue weighted by Crippen LogP contribution is 2.23. The van der Waals surface area contributed by atoms with Gasteiger partial charge in [-0.1, -0.05) is 6.92 Å². The molecule has 116 valence electrons. The normalized spacial score (nSPS) is 18.2. The highest BCUT2D eigenvalue weighted by molar-refractivity contribution is 5.86. The van der Waals surface area contributed by atoms with E-state index in [9.17, 15) is 4.79 Å². The summed E-state index contributed by atoms with van der Waals surface area (Å²) in [6.45, 7) is 7.75. The van der Waals surface area contributed by atoms with E-state index in [0.29, 0.717) is 0 Å². The number of hydrogen-bond donors (Lipinski definition) is 2. The molecular weight excluding hydrogens is 266 g/mol. The van der Waals surface area contributed by atoms with E-state index in [1.807, 2.05) is 20.9 Å². The number of amides is 1. The van der Waals surface area contributed by atoms with Crippen LogP contribution in [0.3, 0.4) is 0 Å². The summed E-state index contributed by atoms with van der Waals surface area (Å²) in [5.74, 6) is 2.59. The van der Waals surface area contributed by atoms with E-state index in [4.69, 9.17) is 0 Å². The van der Waals surface area contributed by atoms with Crippen molar-refractivity contribution < 1.29 is 4.79 Å². The minimum Gasteiger partial charge on any atom is -0.370 e. The highest BCUT2D eigenvalue weighted by Gasteiger charge is 2.29. The Bertz CT molecular complexity index is 517. The molecule has 0 bridgehead atoms. The number of hydrogen-bond acceptors (Lipinski definition) is 5. The first-order valence-corrected chi connectivity index (χ1v) is 7.69. The summed E-state index contributed by atoms with van der Waals surface area (Å²) < 4.78 is 0. The van der Waals surface area contributed by atoms with Gasteiger partial charge in [0.2, 0.25) is 5.91 Å². The molecule has 1 aromatic heterocycles. The Morgan fingerprint density at radius 3 is 2.57 bits per heavy atom. The molecule has 1 aliphatic rings. The minimum absolute atomic E-state index is 0.134. The molecule has 2 N–H and O–H groups in total. The number of likely N-dealkylation sites (N-methyl/N-ethyl adjacent to an activating group) is 1. The number of rotatable bonds is 6. The van der Waals surface area contributed by atoms with E-state index < -0.39 is 0 Å². The van der Waals surface area contributed by atoms with Gasteiger partial charge in [0.1, 0.15) is 23.5 Å². The molecule has 6 nitrogen and oxygen atoms in total. The summed E-state index contributed by atoms with van der Waals surface area (Å²) in [5.41, 5.74) is 0.971. The predicted octanol–water partition coefficient (Wildman–Crippen LogP) is 1.81. The summed E-state index contributed by atoms with van der Waals surface area (Å²) in [5, 5.41) is 6.58. The maximum absolute atomic E-state index is 12.0. The largest absolute Gasteiger partial charge is 0.370 e. The number of likely N-dealkylation sites (tertiary alicyclic amines) is 1. The van der Waals surface area contributed by atoms with Gasteiger partial charge >= 0.3 is 0 Å². The molecule has 1 atom stereocenters. The maximum Gasteiger partial charge on any atom is 0.244 e. The van der Waals surface area contributed by atoms with Crippen molar-refractivity contribution in [2.24, 2.45) is 0 Å². The minimum atomic E-state index is -0.174. The van der Waals surface area contributed by atoms with Crippen LogP contribution in [0, 0.1) is 6.92 Å². The summed E-state index contributed by atoms with van der Waals surface area (Å²) in [6.07, 6.45) is 2.66. The van der Waals surface area contributed by atoms with Crippen molar-refractivity contribution in [1.82, 2.24) is 14.9 Å². The van der Waals surface area contributed by atoms with Crippen LogP contribution in [0.4, 0.5) is 11.6 Å². The lowest BCUT2D eigenvalue weighted by Crippen LogP contribution is -2.31. The number of nitrogens with one attached hydrogen (secondary N) is 2. The first-order chi connectivity index (χ1) is 10.1. The molecule has 6 heteroatoms. The lowest BCUT2D eigenvalue weighted by atomic mass is 10.2. The fourth-order valence-electron chi connectivity index (χ4n) is 2.50. The van der Waals surface area contributed by atoms with Crippen LogP contribution in [-0.4, -0.2) is 47.0 Å². The predicted molar refractivity (Wildman–Crippen MR) is 84.6 cm³/mol. The van der Waals surface area contributed by atoms with Crippen molar-refractivity contribution in [1.29, 1.82) is 0 Å². The van der Waals surface area contributed by atoms with Gasteiger partial charge in [-0.3, -0.25) is 4.79 Å². The molecule has 0 aromatic carbocycles. The van der Waals surface area contributed by atoms with Crippen LogP contribution in [0.15, 0.2) is 0 Å². The molecule has 0 spiro atoms. The Labute approximate surface area is 126 Å². The zero-order valence-corrected chi connectivity index (χ0v) is 13.4. The Morgan fingerprint density at radius 1 is 1.29 bits per heavy atom. The quantitative estimate of drug-likeness (QED) is 0.836. The SMILES string of the molecule is CCCc1nc(NCC)c(C)c(NC2CCN(C)C2=O)n1. The van der Waals surface area contributed by atoms with Gasteiger partial charge in [-0.2, -0.15) is 0 Å². The van der Waals surface area contributed by atoms with Gasteiger partial charge in [0, 0.05) is 32.1 Å². The second-order valence-electron chi connectivity index (χ2n) is 5.49. The van der Waals surface area contributed by atoms with Crippen molar-refractivity contribution in [2.45, 2.75) is 46.1 Å². The van der Waals surface area contributed by atoms with Gasteiger partial charge in [0.05, 0.1) is 0 Å². The van der Waals surface area contributed by atoms with E-state index in [0.717, 1.165) is 55.4 Å². The van der Waals surface area contributed by atoms with E-state index >= 15 is 0 Å². The third-order valence-electron chi connectivity index (χ3n) is 3.75. The van der Waals surface area contributed by atoms with E-state index in [-0.39, 0.29) is 11.9 Å². The number of carbonyl (C=O) groups excluding carboxylic acids is 1. The topological polar surface area (TPSA) is 70.2 Å². The van der Waals surface area contributed by atoms with Crippen LogP contribution in [0.1, 0.15) is 38.1 Å². The fourth-order valence-corrected chi connectivity index (χ4v) is 2.50. The monoisotopic (exact) mass is 291 g/mol. The molecule has 1 saturated heterocycles. The van der Waals surface area contributed by atoms with E-state index in [2.05, 4.69) is 27.5 Å². The standard InChI is InChI=1S/C15H25N5O/c1-5-7-12-18-13(16-6-2)10(3)14(19-12)17-11-8-9-20(4)15(11)21/h11H,5-9H2,1-4H3,(H2,16,17,18,19). The molecule has 2 heterocycles. The third kappa shape index (κ3) is 3.43. The molecule has 1 unspecified atom stereocenters. The molecule has 0 radical (unpaired) electrons. The summed E-state index contributed by atoms with van der Waals surface area (Å²) in [7, 11) is 1.84. The number of aromatic nitrogens is 2. The van der Waals surface area contributed by atoms with Gasteiger partial charge < -0.3 is 15.5 Å². The summed E-state index contributed by atoms with van der Waals surface area (Å²) >= 11 is 0. The Hall–Kier alpha value is -1.85. The van der Waals surface area contributed by atoms with Crippen LogP contribution >= 0.6 is 0 Å². The zero-order valence-electron chi connectivity index (χ0n) is 13.4. The fraction of sp³-hybridized carbons (Fsp3) is 0.667. The van der Waals surface area contributed by atoms with Crippen LogP contribution in [0.25, 0.3) is 0 Å². The van der Waals surface area contributed by atoms with Gasteiger partial charge in [-0.25, -0.2) is 9.97 Å². The van der Waals surface area contributed by atoms with E-state index in [1.54, 1.807) is 4.90 Å². The van der Waals surface area contributed by atoms with Gasteiger partial charge in [0.25, 0.3) is 0 Å². The van der Waals surface area contributed by atoms with Crippen molar-refractivity contribution in [3.63, 3.8) is 0 Å². The van der Waals surface area contributed by atoms with Gasteiger partial charge in [-0.15, -0.1) is 0 Å². The smallest absolute Gasteiger partial charge is 0.244 e. The molecule has 21 heavy (non-hydrogen) atoms. The zero-order chi connectivity index (χ0) is 15.4. The van der Waals surface area contributed by atoms with Crippen LogP contribution in [0.2, 0.25) is 0 Å². The molecule has 0 saturated carbocycles. The van der Waals surface area contributed by atoms with Crippen LogP contribution < -0.4 is 10.6 Å². The molecule has 2 rings (SSSR count). The Morgan fingerprint density at radius 2 is 2.00 bits per heavy atom. The Kier molecular flexibility index (Phi) is 4.98. The third-order valence-corrected chi connectivity index (χ3v) is 3.75. The molecular formula is C15H25N5O. The van der Waals surface area contributed by atoms with Crippen molar-refractivity contribution in [3.8, 4) is 0 Å². The van der Waals surface area contributed by atoms with Crippen LogP contribution in [-0.2, 0) is 11.2 Å². The number of aryl methyl sites for hydroxylation is 1.